The molecular weight excluding hydrogens is 406 g/mol. The van der Waals surface area contributed by atoms with Crippen molar-refractivity contribution in [1.29, 1.82) is 0 Å². The first kappa shape index (κ1) is 25.0. The summed E-state index contributed by atoms with van der Waals surface area (Å²) in [6, 6.07) is 18.3. The minimum Gasteiger partial charge on any atom is -0.354 e. The van der Waals surface area contributed by atoms with Gasteiger partial charge in [-0.05, 0) is 51.1 Å². The number of hydrogen-bond acceptors (Lipinski definition) is 4. The van der Waals surface area contributed by atoms with Crippen LogP contribution in [0.4, 0.5) is 5.69 Å². The van der Waals surface area contributed by atoms with Crippen molar-refractivity contribution in [2.75, 3.05) is 30.7 Å². The third-order valence-electron chi connectivity index (χ3n) is 5.32. The Morgan fingerprint density at radius 3 is 2.26 bits per heavy atom. The van der Waals surface area contributed by atoms with Crippen LogP contribution in [0.2, 0.25) is 0 Å². The summed E-state index contributed by atoms with van der Waals surface area (Å²) in [6.45, 7) is 10.6. The van der Waals surface area contributed by atoms with Crippen LogP contribution in [0.25, 0.3) is 0 Å². The Kier molecular flexibility index (Phi) is 10.6. The molecule has 0 saturated carbocycles. The number of likely N-dealkylation sites (N-methyl/N-ethyl adjacent to an activating group) is 1. The zero-order valence-electron chi connectivity index (χ0n) is 19.1. The topological polar surface area (TPSA) is 61.4 Å². The lowest BCUT2D eigenvalue weighted by Crippen LogP contribution is -2.46. The molecule has 2 aromatic carbocycles. The molecular formula is C25H35N3O2S. The summed E-state index contributed by atoms with van der Waals surface area (Å²) in [5, 5.41) is 5.68. The molecule has 2 unspecified atom stereocenters. The fourth-order valence-electron chi connectivity index (χ4n) is 3.43. The Morgan fingerprint density at radius 1 is 1.00 bits per heavy atom. The summed E-state index contributed by atoms with van der Waals surface area (Å²) >= 11 is 1.35. The van der Waals surface area contributed by atoms with Gasteiger partial charge in [0.2, 0.25) is 11.8 Å². The van der Waals surface area contributed by atoms with Crippen molar-refractivity contribution in [3.05, 3.63) is 65.7 Å². The second-order valence-electron chi connectivity index (χ2n) is 7.68. The molecule has 0 aliphatic heterocycles. The summed E-state index contributed by atoms with van der Waals surface area (Å²) in [4.78, 5) is 27.2. The molecule has 0 radical (unpaired) electrons. The van der Waals surface area contributed by atoms with Crippen LogP contribution in [-0.2, 0) is 16.0 Å². The third kappa shape index (κ3) is 8.75. The number of aryl methyl sites for hydroxylation is 1. The van der Waals surface area contributed by atoms with Crippen molar-refractivity contribution >= 4 is 29.3 Å². The van der Waals surface area contributed by atoms with Gasteiger partial charge in [-0.25, -0.2) is 0 Å². The molecule has 168 valence electrons. The van der Waals surface area contributed by atoms with Crippen LogP contribution in [0, 0.1) is 6.92 Å². The molecule has 0 heterocycles. The largest absolute Gasteiger partial charge is 0.354 e. The van der Waals surface area contributed by atoms with E-state index in [1.807, 2.05) is 56.3 Å². The van der Waals surface area contributed by atoms with Crippen molar-refractivity contribution < 1.29 is 9.59 Å². The molecule has 31 heavy (non-hydrogen) atoms. The number of hydrogen-bond donors (Lipinski definition) is 2. The number of nitrogens with one attached hydrogen (secondary N) is 2. The van der Waals surface area contributed by atoms with Crippen molar-refractivity contribution in [1.82, 2.24) is 10.2 Å². The van der Waals surface area contributed by atoms with E-state index in [0.717, 1.165) is 30.8 Å². The van der Waals surface area contributed by atoms with E-state index in [1.165, 1.54) is 17.3 Å². The van der Waals surface area contributed by atoms with Crippen LogP contribution in [0.3, 0.4) is 0 Å². The lowest BCUT2D eigenvalue weighted by atomic mass is 10.0. The van der Waals surface area contributed by atoms with Gasteiger partial charge in [-0.2, -0.15) is 0 Å². The smallest absolute Gasteiger partial charge is 0.234 e. The minimum atomic E-state index is -0.294. The number of rotatable bonds is 12. The predicted octanol–water partition coefficient (Wildman–Crippen LogP) is 4.12. The van der Waals surface area contributed by atoms with Gasteiger partial charge in [0, 0.05) is 18.3 Å². The molecule has 2 aromatic rings. The zero-order chi connectivity index (χ0) is 22.6. The average Bonchev–Trinajstić information content (AvgIpc) is 2.78. The van der Waals surface area contributed by atoms with Gasteiger partial charge in [0.1, 0.15) is 0 Å². The van der Waals surface area contributed by atoms with Gasteiger partial charge < -0.3 is 10.6 Å². The van der Waals surface area contributed by atoms with Gasteiger partial charge >= 0.3 is 0 Å². The maximum atomic E-state index is 12.6. The number of anilines is 1. The van der Waals surface area contributed by atoms with E-state index in [4.69, 9.17) is 0 Å². The molecule has 0 aromatic heterocycles. The van der Waals surface area contributed by atoms with Crippen LogP contribution in [0.5, 0.6) is 0 Å². The summed E-state index contributed by atoms with van der Waals surface area (Å²) in [6.07, 6.45) is 0.892. The van der Waals surface area contributed by atoms with Crippen LogP contribution < -0.4 is 10.6 Å². The summed E-state index contributed by atoms with van der Waals surface area (Å²) in [7, 11) is 0. The first-order valence-corrected chi connectivity index (χ1v) is 12.0. The molecule has 0 bridgehead atoms. The van der Waals surface area contributed by atoms with Gasteiger partial charge in [-0.1, -0.05) is 61.9 Å². The fraction of sp³-hybridized carbons (Fsp3) is 0.440. The normalized spacial score (nSPS) is 12.9. The molecule has 2 amide bonds. The van der Waals surface area contributed by atoms with Gasteiger partial charge in [0.25, 0.3) is 0 Å². The monoisotopic (exact) mass is 441 g/mol. The lowest BCUT2D eigenvalue weighted by molar-refractivity contribution is -0.120. The van der Waals surface area contributed by atoms with Crippen LogP contribution in [0.15, 0.2) is 54.6 Å². The second kappa shape index (κ2) is 13.2. The van der Waals surface area contributed by atoms with Gasteiger partial charge in [0.05, 0.1) is 11.0 Å². The van der Waals surface area contributed by atoms with Crippen LogP contribution in [-0.4, -0.2) is 53.4 Å². The Balaban J connectivity index is 1.82. The predicted molar refractivity (Wildman–Crippen MR) is 132 cm³/mol. The number of carbonyl (C=O) groups is 2. The van der Waals surface area contributed by atoms with Crippen LogP contribution in [0.1, 0.15) is 31.9 Å². The quantitative estimate of drug-likeness (QED) is 0.520. The third-order valence-corrected chi connectivity index (χ3v) is 6.47. The summed E-state index contributed by atoms with van der Waals surface area (Å²) in [5.74, 6) is 0.114. The number of benzene rings is 2. The molecule has 2 N–H and O–H groups in total. The number of amides is 2. The second-order valence-corrected chi connectivity index (χ2v) is 9.01. The molecule has 2 rings (SSSR count). The minimum absolute atomic E-state index is 0.0293. The molecule has 5 nitrogen and oxygen atoms in total. The maximum Gasteiger partial charge on any atom is 0.234 e. The first-order chi connectivity index (χ1) is 14.9. The Labute approximate surface area is 191 Å². The molecule has 0 aliphatic rings. The number of thioether (sulfide) groups is 1. The van der Waals surface area contributed by atoms with Gasteiger partial charge in [-0.15, -0.1) is 11.8 Å². The highest BCUT2D eigenvalue weighted by molar-refractivity contribution is 8.01. The van der Waals surface area contributed by atoms with Gasteiger partial charge in [-0.3, -0.25) is 14.5 Å². The standard InChI is InChI=1S/C25H35N3O2S/c1-5-28(6-2)23(16-21-10-8-7-9-11-21)17-26-25(30)20(4)31-18-24(29)27-22-14-12-19(3)13-15-22/h7-15,20,23H,5-6,16-18H2,1-4H3,(H,26,30)(H,27,29). The summed E-state index contributed by atoms with van der Waals surface area (Å²) < 4.78 is 0. The molecule has 0 saturated heterocycles. The van der Waals surface area contributed by atoms with E-state index in [1.54, 1.807) is 0 Å². The molecule has 6 heteroatoms. The van der Waals surface area contributed by atoms with E-state index in [9.17, 15) is 9.59 Å². The van der Waals surface area contributed by atoms with Crippen molar-refractivity contribution in [3.8, 4) is 0 Å². The van der Waals surface area contributed by atoms with Crippen molar-refractivity contribution in [3.63, 3.8) is 0 Å². The van der Waals surface area contributed by atoms with E-state index in [-0.39, 0.29) is 28.9 Å². The Bertz CT molecular complexity index is 807. The van der Waals surface area contributed by atoms with E-state index >= 15 is 0 Å². The zero-order valence-corrected chi connectivity index (χ0v) is 19.9. The molecule has 2 atom stereocenters. The van der Waals surface area contributed by atoms with Crippen LogP contribution >= 0.6 is 11.8 Å². The Morgan fingerprint density at radius 2 is 1.65 bits per heavy atom. The summed E-state index contributed by atoms with van der Waals surface area (Å²) in [5.41, 5.74) is 3.19. The van der Waals surface area contributed by atoms with Gasteiger partial charge in [0.15, 0.2) is 0 Å². The Hall–Kier alpha value is -2.31. The molecule has 0 aliphatic carbocycles. The highest BCUT2D eigenvalue weighted by Crippen LogP contribution is 2.14. The average molecular weight is 442 g/mol. The highest BCUT2D eigenvalue weighted by Gasteiger charge is 2.20. The number of carbonyl (C=O) groups excluding carboxylic acids is 2. The number of nitrogens with zero attached hydrogens (tertiary/aromatic N) is 1. The van der Waals surface area contributed by atoms with E-state index in [2.05, 4.69) is 41.5 Å². The first-order valence-electron chi connectivity index (χ1n) is 11.0. The molecule has 0 fully saturated rings. The highest BCUT2D eigenvalue weighted by atomic mass is 32.2. The fourth-order valence-corrected chi connectivity index (χ4v) is 4.14. The SMILES string of the molecule is CCN(CC)C(CNC(=O)C(C)SCC(=O)Nc1ccc(C)cc1)Cc1ccccc1. The van der Waals surface area contributed by atoms with E-state index < -0.39 is 0 Å². The van der Waals surface area contributed by atoms with Crippen molar-refractivity contribution in [2.24, 2.45) is 0 Å². The van der Waals surface area contributed by atoms with E-state index in [0.29, 0.717) is 6.54 Å². The maximum absolute atomic E-state index is 12.6. The van der Waals surface area contributed by atoms with Crippen molar-refractivity contribution in [2.45, 2.75) is 45.4 Å². The lowest BCUT2D eigenvalue weighted by Gasteiger charge is -2.30. The molecule has 0 spiro atoms.